The molecule has 4 heteroatoms. The van der Waals surface area contributed by atoms with Crippen LogP contribution in [0.15, 0.2) is 23.8 Å². The van der Waals surface area contributed by atoms with Crippen molar-refractivity contribution in [2.75, 3.05) is 0 Å². The Morgan fingerprint density at radius 3 is 2.93 bits per heavy atom. The highest BCUT2D eigenvalue weighted by Gasteiger charge is 2.22. The molecule has 1 atom stereocenters. The first kappa shape index (κ1) is 10.1. The predicted octanol–water partition coefficient (Wildman–Crippen LogP) is 1.99. The average Bonchev–Trinajstić information content (AvgIpc) is 2.17. The number of amides is 1. The molecule has 1 aliphatic rings. The van der Waals surface area contributed by atoms with Crippen molar-refractivity contribution < 1.29 is 9.53 Å². The van der Waals surface area contributed by atoms with Crippen LogP contribution in [0.1, 0.15) is 12.5 Å². The molecule has 3 nitrogen and oxygen atoms in total. The summed E-state index contributed by atoms with van der Waals surface area (Å²) in [5.74, 6) is 0.255. The van der Waals surface area contributed by atoms with Crippen LogP contribution in [0.5, 0.6) is 5.75 Å². The van der Waals surface area contributed by atoms with Gasteiger partial charge >= 0.3 is 0 Å². The monoisotopic (exact) mass is 223 g/mol. The van der Waals surface area contributed by atoms with E-state index in [1.165, 1.54) is 0 Å². The number of fused-ring (bicyclic) bond motifs is 1. The Bertz CT molecular complexity index is 454. The molecule has 1 amide bonds. The van der Waals surface area contributed by atoms with E-state index < -0.39 is 5.91 Å². The Morgan fingerprint density at radius 1 is 1.53 bits per heavy atom. The first-order chi connectivity index (χ1) is 7.08. The molecule has 78 valence electrons. The van der Waals surface area contributed by atoms with Gasteiger partial charge in [-0.25, -0.2) is 0 Å². The van der Waals surface area contributed by atoms with Crippen LogP contribution in [-0.2, 0) is 4.79 Å². The molecule has 15 heavy (non-hydrogen) atoms. The van der Waals surface area contributed by atoms with Crippen molar-refractivity contribution >= 4 is 23.6 Å². The number of rotatable bonds is 1. The maximum absolute atomic E-state index is 11.1. The molecule has 0 aromatic heterocycles. The SMILES string of the molecule is CC1Oc2ccc(Cl)cc2C=C1C(N)=O. The molecule has 0 bridgehead atoms. The Kier molecular flexibility index (Phi) is 2.40. The Balaban J connectivity index is 2.51. The van der Waals surface area contributed by atoms with Crippen molar-refractivity contribution in [2.24, 2.45) is 5.73 Å². The van der Waals surface area contributed by atoms with Gasteiger partial charge in [0, 0.05) is 10.6 Å². The third-order valence-electron chi connectivity index (χ3n) is 2.31. The summed E-state index contributed by atoms with van der Waals surface area (Å²) in [6.07, 6.45) is 1.41. The fourth-order valence-corrected chi connectivity index (χ4v) is 1.73. The summed E-state index contributed by atoms with van der Waals surface area (Å²) in [6.45, 7) is 1.79. The summed E-state index contributed by atoms with van der Waals surface area (Å²) in [6, 6.07) is 5.27. The maximum Gasteiger partial charge on any atom is 0.248 e. The molecule has 1 unspecified atom stereocenters. The van der Waals surface area contributed by atoms with Crippen LogP contribution in [0.4, 0.5) is 0 Å². The van der Waals surface area contributed by atoms with Crippen LogP contribution in [0.3, 0.4) is 0 Å². The third-order valence-corrected chi connectivity index (χ3v) is 2.54. The van der Waals surface area contributed by atoms with Crippen LogP contribution in [0.25, 0.3) is 6.08 Å². The average molecular weight is 224 g/mol. The number of hydrogen-bond donors (Lipinski definition) is 1. The molecule has 2 N–H and O–H groups in total. The van der Waals surface area contributed by atoms with E-state index in [0.717, 1.165) is 11.3 Å². The van der Waals surface area contributed by atoms with Gasteiger partial charge in [-0.3, -0.25) is 4.79 Å². The van der Waals surface area contributed by atoms with E-state index in [2.05, 4.69) is 0 Å². The minimum absolute atomic E-state index is 0.309. The number of carbonyl (C=O) groups excluding carboxylic acids is 1. The molecule has 0 radical (unpaired) electrons. The van der Waals surface area contributed by atoms with Crippen LogP contribution >= 0.6 is 11.6 Å². The van der Waals surface area contributed by atoms with Gasteiger partial charge in [-0.05, 0) is 31.2 Å². The van der Waals surface area contributed by atoms with Gasteiger partial charge in [0.25, 0.3) is 0 Å². The summed E-state index contributed by atoms with van der Waals surface area (Å²) in [7, 11) is 0. The fraction of sp³-hybridized carbons (Fsp3) is 0.182. The van der Waals surface area contributed by atoms with Gasteiger partial charge in [-0.1, -0.05) is 11.6 Å². The van der Waals surface area contributed by atoms with Crippen molar-refractivity contribution in [3.63, 3.8) is 0 Å². The summed E-state index contributed by atoms with van der Waals surface area (Å²) in [5.41, 5.74) is 6.48. The predicted molar refractivity (Wildman–Crippen MR) is 58.7 cm³/mol. The second-order valence-corrected chi connectivity index (χ2v) is 3.84. The number of hydrogen-bond acceptors (Lipinski definition) is 2. The van der Waals surface area contributed by atoms with Gasteiger partial charge in [0.15, 0.2) is 0 Å². The standard InChI is InChI=1S/C11H10ClNO2/c1-6-9(11(13)14)5-7-4-8(12)2-3-10(7)15-6/h2-6H,1H3,(H2,13,14). The van der Waals surface area contributed by atoms with Crippen molar-refractivity contribution in [1.29, 1.82) is 0 Å². The van der Waals surface area contributed by atoms with Crippen LogP contribution in [0.2, 0.25) is 5.02 Å². The highest BCUT2D eigenvalue weighted by molar-refractivity contribution is 6.30. The summed E-state index contributed by atoms with van der Waals surface area (Å²) >= 11 is 5.84. The van der Waals surface area contributed by atoms with Crippen molar-refractivity contribution in [3.8, 4) is 5.75 Å². The van der Waals surface area contributed by atoms with Gasteiger partial charge in [0.05, 0.1) is 5.57 Å². The lowest BCUT2D eigenvalue weighted by molar-refractivity contribution is -0.115. The molecule has 0 saturated heterocycles. The second kappa shape index (κ2) is 3.59. The first-order valence-corrected chi connectivity index (χ1v) is 4.93. The lowest BCUT2D eigenvalue weighted by Crippen LogP contribution is -2.28. The van der Waals surface area contributed by atoms with Crippen LogP contribution in [-0.4, -0.2) is 12.0 Å². The molecule has 1 aliphatic heterocycles. The number of nitrogens with two attached hydrogens (primary N) is 1. The van der Waals surface area contributed by atoms with E-state index in [1.54, 1.807) is 31.2 Å². The molecular weight excluding hydrogens is 214 g/mol. The Morgan fingerprint density at radius 2 is 2.27 bits per heavy atom. The molecule has 1 aromatic carbocycles. The van der Waals surface area contributed by atoms with Gasteiger partial charge in [-0.15, -0.1) is 0 Å². The third kappa shape index (κ3) is 1.83. The number of ether oxygens (including phenoxy) is 1. The first-order valence-electron chi connectivity index (χ1n) is 4.55. The lowest BCUT2D eigenvalue weighted by atomic mass is 10.0. The number of benzene rings is 1. The second-order valence-electron chi connectivity index (χ2n) is 3.41. The van der Waals surface area contributed by atoms with Crippen molar-refractivity contribution in [2.45, 2.75) is 13.0 Å². The molecular formula is C11H10ClNO2. The normalized spacial score (nSPS) is 18.8. The molecule has 0 saturated carbocycles. The van der Waals surface area contributed by atoms with Crippen molar-refractivity contribution in [1.82, 2.24) is 0 Å². The summed E-state index contributed by atoms with van der Waals surface area (Å²) < 4.78 is 5.53. The van der Waals surface area contributed by atoms with E-state index in [4.69, 9.17) is 22.1 Å². The number of carbonyl (C=O) groups is 1. The molecule has 1 aromatic rings. The van der Waals surface area contributed by atoms with E-state index in [0.29, 0.717) is 10.6 Å². The molecule has 0 aliphatic carbocycles. The summed E-state index contributed by atoms with van der Waals surface area (Å²) in [4.78, 5) is 11.1. The lowest BCUT2D eigenvalue weighted by Gasteiger charge is -2.22. The molecule has 0 fully saturated rings. The topological polar surface area (TPSA) is 52.3 Å². The fourth-order valence-electron chi connectivity index (χ4n) is 1.55. The molecule has 1 heterocycles. The Hall–Kier alpha value is -1.48. The van der Waals surface area contributed by atoms with Gasteiger partial charge < -0.3 is 10.5 Å². The highest BCUT2D eigenvalue weighted by atomic mass is 35.5. The van der Waals surface area contributed by atoms with Crippen LogP contribution < -0.4 is 10.5 Å². The largest absolute Gasteiger partial charge is 0.485 e. The summed E-state index contributed by atoms with van der Waals surface area (Å²) in [5, 5.41) is 0.604. The van der Waals surface area contributed by atoms with Crippen LogP contribution in [0, 0.1) is 0 Å². The minimum Gasteiger partial charge on any atom is -0.485 e. The number of halogens is 1. The van der Waals surface area contributed by atoms with Gasteiger partial charge in [0.1, 0.15) is 11.9 Å². The van der Waals surface area contributed by atoms with E-state index >= 15 is 0 Å². The van der Waals surface area contributed by atoms with E-state index in [-0.39, 0.29) is 6.10 Å². The number of primary amides is 1. The molecule has 2 rings (SSSR count). The zero-order chi connectivity index (χ0) is 11.0. The van der Waals surface area contributed by atoms with Crippen molar-refractivity contribution in [3.05, 3.63) is 34.4 Å². The zero-order valence-electron chi connectivity index (χ0n) is 8.16. The van der Waals surface area contributed by atoms with E-state index in [9.17, 15) is 4.79 Å². The quantitative estimate of drug-likeness (QED) is 0.792. The smallest absolute Gasteiger partial charge is 0.248 e. The highest BCUT2D eigenvalue weighted by Crippen LogP contribution is 2.31. The van der Waals surface area contributed by atoms with Gasteiger partial charge in [0.2, 0.25) is 5.91 Å². The Labute approximate surface area is 92.5 Å². The zero-order valence-corrected chi connectivity index (χ0v) is 8.91. The van der Waals surface area contributed by atoms with Gasteiger partial charge in [-0.2, -0.15) is 0 Å². The van der Waals surface area contributed by atoms with E-state index in [1.807, 2.05) is 0 Å². The molecule has 0 spiro atoms. The minimum atomic E-state index is -0.465. The maximum atomic E-state index is 11.1.